The Balaban J connectivity index is 2.71. The Morgan fingerprint density at radius 2 is 1.37 bits per heavy atom. The fourth-order valence-electron chi connectivity index (χ4n) is 1.26. The summed E-state index contributed by atoms with van der Waals surface area (Å²) in [4.78, 5) is 10.3. The Kier molecular flexibility index (Phi) is 6.84. The third-order valence-corrected chi connectivity index (χ3v) is 4.44. The quantitative estimate of drug-likeness (QED) is 0.406. The van der Waals surface area contributed by atoms with Crippen molar-refractivity contribution in [2.24, 2.45) is 0 Å². The van der Waals surface area contributed by atoms with Crippen LogP contribution in [0.2, 0.25) is 25.1 Å². The maximum absolute atomic E-state index is 10.3. The maximum atomic E-state index is 10.3. The first-order valence-electron chi connectivity index (χ1n) is 5.22. The van der Waals surface area contributed by atoms with E-state index in [9.17, 15) is 4.79 Å². The van der Waals surface area contributed by atoms with Gasteiger partial charge in [0, 0.05) is 6.42 Å². The summed E-state index contributed by atoms with van der Waals surface area (Å²) in [6.45, 7) is 0.251. The average molecular weight is 366 g/mol. The minimum atomic E-state index is -0.853. The lowest BCUT2D eigenvalue weighted by Gasteiger charge is -2.13. The van der Waals surface area contributed by atoms with E-state index in [1.807, 2.05) is 0 Å². The van der Waals surface area contributed by atoms with E-state index in [2.05, 4.69) is 0 Å². The standard InChI is InChI=1S/C11H9Cl5O3/c12-6-7(13)9(15)11(10(16)8(6)14)19-4-2-1-3-5(17)18/h1-4H2,(H,17,18). The second-order valence-electron chi connectivity index (χ2n) is 3.60. The van der Waals surface area contributed by atoms with Crippen LogP contribution in [0.1, 0.15) is 19.3 Å². The van der Waals surface area contributed by atoms with E-state index >= 15 is 0 Å². The normalized spacial score (nSPS) is 10.6. The molecule has 1 aromatic carbocycles. The molecule has 0 saturated carbocycles. The van der Waals surface area contributed by atoms with Gasteiger partial charge in [0.2, 0.25) is 0 Å². The molecular weight excluding hydrogens is 357 g/mol. The molecule has 0 saturated heterocycles. The zero-order chi connectivity index (χ0) is 14.6. The van der Waals surface area contributed by atoms with Crippen LogP contribution in [-0.4, -0.2) is 17.7 Å². The molecule has 0 heterocycles. The highest BCUT2D eigenvalue weighted by Crippen LogP contribution is 2.48. The van der Waals surface area contributed by atoms with E-state index in [1.54, 1.807) is 0 Å². The summed E-state index contributed by atoms with van der Waals surface area (Å²) in [6.07, 6.45) is 1.10. The molecule has 0 aliphatic heterocycles. The lowest BCUT2D eigenvalue weighted by Crippen LogP contribution is -2.01. The largest absolute Gasteiger partial charge is 0.490 e. The van der Waals surface area contributed by atoms with Gasteiger partial charge in [0.25, 0.3) is 0 Å². The first kappa shape index (κ1) is 17.0. The Morgan fingerprint density at radius 1 is 0.895 bits per heavy atom. The molecule has 1 N–H and O–H groups in total. The molecule has 0 aliphatic rings. The number of unbranched alkanes of at least 4 members (excludes halogenated alkanes) is 1. The molecule has 3 nitrogen and oxygen atoms in total. The molecule has 1 aromatic rings. The molecule has 0 atom stereocenters. The zero-order valence-corrected chi connectivity index (χ0v) is 13.3. The van der Waals surface area contributed by atoms with Crippen LogP contribution in [-0.2, 0) is 4.79 Å². The van der Waals surface area contributed by atoms with Gasteiger partial charge in [-0.05, 0) is 12.8 Å². The minimum absolute atomic E-state index is 0.0663. The summed E-state index contributed by atoms with van der Waals surface area (Å²) in [6, 6.07) is 0. The summed E-state index contributed by atoms with van der Waals surface area (Å²) >= 11 is 29.5. The highest BCUT2D eigenvalue weighted by atomic mass is 35.5. The lowest BCUT2D eigenvalue weighted by atomic mass is 10.2. The average Bonchev–Trinajstić information content (AvgIpc) is 2.37. The molecule has 0 radical (unpaired) electrons. The fourth-order valence-corrected chi connectivity index (χ4v) is 2.49. The van der Waals surface area contributed by atoms with Gasteiger partial charge in [-0.25, -0.2) is 0 Å². The first-order valence-corrected chi connectivity index (χ1v) is 7.11. The summed E-state index contributed by atoms with van der Waals surface area (Å²) in [5.74, 6) is -0.702. The number of rotatable bonds is 6. The van der Waals surface area contributed by atoms with Crippen molar-refractivity contribution in [3.8, 4) is 5.75 Å². The number of hydrogen-bond donors (Lipinski definition) is 1. The highest BCUT2D eigenvalue weighted by molar-refractivity contribution is 6.55. The Morgan fingerprint density at radius 3 is 1.84 bits per heavy atom. The Bertz CT molecular complexity index is 461. The van der Waals surface area contributed by atoms with Crippen LogP contribution in [0.3, 0.4) is 0 Å². The molecule has 0 fully saturated rings. The number of ether oxygens (including phenoxy) is 1. The molecular formula is C11H9Cl5O3. The molecule has 8 heteroatoms. The van der Waals surface area contributed by atoms with Gasteiger partial charge < -0.3 is 9.84 Å². The van der Waals surface area contributed by atoms with Crippen molar-refractivity contribution in [1.82, 2.24) is 0 Å². The number of aliphatic carboxylic acids is 1. The van der Waals surface area contributed by atoms with E-state index in [0.717, 1.165) is 0 Å². The zero-order valence-electron chi connectivity index (χ0n) is 9.48. The maximum Gasteiger partial charge on any atom is 0.303 e. The number of hydrogen-bond acceptors (Lipinski definition) is 2. The number of carbonyl (C=O) groups is 1. The monoisotopic (exact) mass is 364 g/mol. The van der Waals surface area contributed by atoms with Gasteiger partial charge in [0.1, 0.15) is 10.0 Å². The van der Waals surface area contributed by atoms with Crippen molar-refractivity contribution < 1.29 is 14.6 Å². The van der Waals surface area contributed by atoms with Crippen LogP contribution in [0.5, 0.6) is 5.75 Å². The Labute approximate surface area is 135 Å². The van der Waals surface area contributed by atoms with Gasteiger partial charge in [-0.15, -0.1) is 0 Å². The van der Waals surface area contributed by atoms with Crippen molar-refractivity contribution in [2.45, 2.75) is 19.3 Å². The van der Waals surface area contributed by atoms with Crippen LogP contribution >= 0.6 is 58.0 Å². The fraction of sp³-hybridized carbons (Fsp3) is 0.364. The van der Waals surface area contributed by atoms with Crippen LogP contribution in [0.15, 0.2) is 0 Å². The molecule has 0 aromatic heterocycles. The summed E-state index contributed by atoms with van der Waals surface area (Å²) in [5.41, 5.74) is 0. The minimum Gasteiger partial charge on any atom is -0.490 e. The van der Waals surface area contributed by atoms with E-state index < -0.39 is 5.97 Å². The molecule has 0 unspecified atom stereocenters. The number of carboxylic acid groups (broad SMARTS) is 1. The van der Waals surface area contributed by atoms with Gasteiger partial charge in [0.15, 0.2) is 5.75 Å². The molecule has 106 valence electrons. The first-order chi connectivity index (χ1) is 8.86. The smallest absolute Gasteiger partial charge is 0.303 e. The van der Waals surface area contributed by atoms with Crippen molar-refractivity contribution >= 4 is 64.0 Å². The molecule has 1 rings (SSSR count). The number of halogens is 5. The number of benzene rings is 1. The predicted octanol–water partition coefficient (Wildman–Crippen LogP) is 5.59. The third-order valence-electron chi connectivity index (χ3n) is 2.20. The molecule has 0 bridgehead atoms. The second kappa shape index (κ2) is 7.65. The van der Waals surface area contributed by atoms with Crippen molar-refractivity contribution in [1.29, 1.82) is 0 Å². The van der Waals surface area contributed by atoms with Crippen molar-refractivity contribution in [2.75, 3.05) is 6.61 Å². The Hall–Kier alpha value is -0.0600. The van der Waals surface area contributed by atoms with Crippen LogP contribution in [0.25, 0.3) is 0 Å². The van der Waals surface area contributed by atoms with E-state index in [0.29, 0.717) is 12.8 Å². The van der Waals surface area contributed by atoms with Crippen molar-refractivity contribution in [3.63, 3.8) is 0 Å². The lowest BCUT2D eigenvalue weighted by molar-refractivity contribution is -0.137. The van der Waals surface area contributed by atoms with E-state index in [-0.39, 0.29) is 43.9 Å². The number of carboxylic acids is 1. The van der Waals surface area contributed by atoms with E-state index in [4.69, 9.17) is 67.8 Å². The molecule has 0 aliphatic carbocycles. The van der Waals surface area contributed by atoms with E-state index in [1.165, 1.54) is 0 Å². The van der Waals surface area contributed by atoms with Crippen LogP contribution in [0.4, 0.5) is 0 Å². The summed E-state index contributed by atoms with van der Waals surface area (Å²) < 4.78 is 5.38. The summed E-state index contributed by atoms with van der Waals surface area (Å²) in [5, 5.41) is 8.86. The predicted molar refractivity (Wildman–Crippen MR) is 78.5 cm³/mol. The SMILES string of the molecule is O=C(O)CCCCOc1c(Cl)c(Cl)c(Cl)c(Cl)c1Cl. The van der Waals surface area contributed by atoms with Gasteiger partial charge >= 0.3 is 5.97 Å². The van der Waals surface area contributed by atoms with Gasteiger partial charge in [0.05, 0.1) is 21.7 Å². The second-order valence-corrected chi connectivity index (χ2v) is 5.49. The summed E-state index contributed by atoms with van der Waals surface area (Å²) in [7, 11) is 0. The van der Waals surface area contributed by atoms with Gasteiger partial charge in [-0.1, -0.05) is 58.0 Å². The van der Waals surface area contributed by atoms with Crippen LogP contribution in [0, 0.1) is 0 Å². The van der Waals surface area contributed by atoms with Gasteiger partial charge in [-0.2, -0.15) is 0 Å². The third kappa shape index (κ3) is 4.47. The molecule has 0 spiro atoms. The van der Waals surface area contributed by atoms with Crippen molar-refractivity contribution in [3.05, 3.63) is 25.1 Å². The highest BCUT2D eigenvalue weighted by Gasteiger charge is 2.20. The van der Waals surface area contributed by atoms with Crippen LogP contribution < -0.4 is 4.74 Å². The molecule has 0 amide bonds. The van der Waals surface area contributed by atoms with Gasteiger partial charge in [-0.3, -0.25) is 4.79 Å². The molecule has 19 heavy (non-hydrogen) atoms. The topological polar surface area (TPSA) is 46.5 Å².